The Kier molecular flexibility index (Phi) is 5.18. The van der Waals surface area contributed by atoms with E-state index < -0.39 is 11.8 Å². The molecule has 1 aromatic rings. The molecule has 0 spiro atoms. The molecule has 5 nitrogen and oxygen atoms in total. The number of nitrogens with zero attached hydrogens (tertiary/aromatic N) is 4. The normalized spacial score (nSPS) is 25.5. The van der Waals surface area contributed by atoms with Crippen molar-refractivity contribution in [1.82, 2.24) is 19.6 Å². The molecule has 7 heteroatoms. The van der Waals surface area contributed by atoms with Gasteiger partial charge in [0.25, 0.3) is 0 Å². The van der Waals surface area contributed by atoms with Crippen LogP contribution in [0.3, 0.4) is 0 Å². The summed E-state index contributed by atoms with van der Waals surface area (Å²) in [6, 6.07) is 0. The Balaban J connectivity index is 1.54. The lowest BCUT2D eigenvalue weighted by molar-refractivity contribution is -0.142. The Morgan fingerprint density at radius 1 is 1.29 bits per heavy atom. The monoisotopic (exact) mass is 340 g/mol. The molecular formula is C17H26F2N4O. The van der Waals surface area contributed by atoms with Crippen LogP contribution < -0.4 is 0 Å². The first-order valence-electron chi connectivity index (χ1n) is 8.79. The summed E-state index contributed by atoms with van der Waals surface area (Å²) in [5, 5.41) is 4.18. The van der Waals surface area contributed by atoms with E-state index in [1.807, 2.05) is 19.4 Å². The van der Waals surface area contributed by atoms with Gasteiger partial charge in [-0.3, -0.25) is 14.4 Å². The second kappa shape index (κ2) is 7.17. The smallest absolute Gasteiger partial charge is 0.248 e. The van der Waals surface area contributed by atoms with E-state index in [4.69, 9.17) is 0 Å². The molecule has 2 aliphatic rings. The molecule has 0 aromatic carbocycles. The van der Waals surface area contributed by atoms with Crippen LogP contribution in [0.5, 0.6) is 0 Å². The first-order chi connectivity index (χ1) is 11.4. The highest BCUT2D eigenvalue weighted by atomic mass is 19.3. The summed E-state index contributed by atoms with van der Waals surface area (Å²) in [5.74, 6) is -3.24. The Hall–Kier alpha value is -1.50. The summed E-state index contributed by atoms with van der Waals surface area (Å²) < 4.78 is 28.9. The van der Waals surface area contributed by atoms with E-state index in [9.17, 15) is 13.6 Å². The number of hydrogen-bond donors (Lipinski definition) is 0. The highest BCUT2D eigenvalue weighted by molar-refractivity contribution is 5.79. The van der Waals surface area contributed by atoms with Gasteiger partial charge in [0.15, 0.2) is 0 Å². The molecule has 1 aliphatic heterocycles. The molecule has 24 heavy (non-hydrogen) atoms. The van der Waals surface area contributed by atoms with Gasteiger partial charge in [-0.25, -0.2) is 8.78 Å². The lowest BCUT2D eigenvalue weighted by Crippen LogP contribution is -2.42. The molecule has 1 saturated carbocycles. The molecule has 1 aromatic heterocycles. The van der Waals surface area contributed by atoms with Crippen LogP contribution in [0.25, 0.3) is 0 Å². The van der Waals surface area contributed by atoms with Crippen LogP contribution >= 0.6 is 0 Å². The van der Waals surface area contributed by atoms with Gasteiger partial charge in [-0.2, -0.15) is 5.10 Å². The average Bonchev–Trinajstić information content (AvgIpc) is 2.79. The largest absolute Gasteiger partial charge is 0.341 e. The highest BCUT2D eigenvalue weighted by Gasteiger charge is 2.40. The van der Waals surface area contributed by atoms with Crippen molar-refractivity contribution in [3.8, 4) is 0 Å². The van der Waals surface area contributed by atoms with Crippen molar-refractivity contribution in [2.45, 2.75) is 44.6 Å². The Morgan fingerprint density at radius 3 is 2.83 bits per heavy atom. The van der Waals surface area contributed by atoms with Crippen molar-refractivity contribution in [2.75, 3.05) is 26.2 Å². The lowest BCUT2D eigenvalue weighted by Gasteiger charge is -2.32. The third-order valence-corrected chi connectivity index (χ3v) is 5.05. The maximum atomic E-state index is 13.6. The second-order valence-electron chi connectivity index (χ2n) is 7.13. The van der Waals surface area contributed by atoms with Crippen molar-refractivity contribution in [3.05, 3.63) is 18.0 Å². The van der Waals surface area contributed by atoms with Crippen LogP contribution in [-0.4, -0.2) is 57.6 Å². The number of alkyl halides is 2. The predicted octanol–water partition coefficient (Wildman–Crippen LogP) is 2.28. The molecule has 0 bridgehead atoms. The zero-order valence-corrected chi connectivity index (χ0v) is 14.3. The van der Waals surface area contributed by atoms with Gasteiger partial charge in [0.05, 0.1) is 6.20 Å². The van der Waals surface area contributed by atoms with Crippen molar-refractivity contribution >= 4 is 5.91 Å². The number of aryl methyl sites for hydroxylation is 1. The first-order valence-corrected chi connectivity index (χ1v) is 8.79. The van der Waals surface area contributed by atoms with Crippen LogP contribution in [0.2, 0.25) is 0 Å². The molecular weight excluding hydrogens is 314 g/mol. The Morgan fingerprint density at radius 2 is 2.12 bits per heavy atom. The summed E-state index contributed by atoms with van der Waals surface area (Å²) in [4.78, 5) is 16.7. The van der Waals surface area contributed by atoms with Crippen molar-refractivity contribution in [1.29, 1.82) is 0 Å². The fourth-order valence-corrected chi connectivity index (χ4v) is 3.80. The van der Waals surface area contributed by atoms with E-state index in [2.05, 4.69) is 10.00 Å². The van der Waals surface area contributed by atoms with Gasteiger partial charge >= 0.3 is 0 Å². The molecule has 1 amide bonds. The van der Waals surface area contributed by atoms with Crippen LogP contribution in [0.1, 0.15) is 37.7 Å². The van der Waals surface area contributed by atoms with E-state index in [0.29, 0.717) is 25.9 Å². The minimum Gasteiger partial charge on any atom is -0.341 e. The molecule has 134 valence electrons. The third kappa shape index (κ3) is 4.32. The van der Waals surface area contributed by atoms with Crippen molar-refractivity contribution in [2.24, 2.45) is 13.0 Å². The van der Waals surface area contributed by atoms with Crippen LogP contribution in [-0.2, 0) is 18.4 Å². The number of rotatable bonds is 3. The van der Waals surface area contributed by atoms with Gasteiger partial charge in [-0.1, -0.05) is 0 Å². The average molecular weight is 340 g/mol. The fraction of sp³-hybridized carbons (Fsp3) is 0.765. The number of carbonyl (C=O) groups is 1. The van der Waals surface area contributed by atoms with Gasteiger partial charge < -0.3 is 4.90 Å². The highest BCUT2D eigenvalue weighted by Crippen LogP contribution is 2.37. The zero-order chi connectivity index (χ0) is 17.2. The van der Waals surface area contributed by atoms with Gasteiger partial charge in [-0.05, 0) is 19.3 Å². The number of aromatic nitrogens is 2. The zero-order valence-electron chi connectivity index (χ0n) is 14.3. The second-order valence-corrected chi connectivity index (χ2v) is 7.13. The number of hydrogen-bond acceptors (Lipinski definition) is 3. The van der Waals surface area contributed by atoms with E-state index in [1.54, 1.807) is 9.58 Å². The van der Waals surface area contributed by atoms with Crippen LogP contribution in [0, 0.1) is 5.92 Å². The van der Waals surface area contributed by atoms with Gasteiger partial charge in [0, 0.05) is 70.3 Å². The van der Waals surface area contributed by atoms with Crippen LogP contribution in [0.15, 0.2) is 12.4 Å². The maximum Gasteiger partial charge on any atom is 0.248 e. The molecule has 1 aliphatic carbocycles. The summed E-state index contributed by atoms with van der Waals surface area (Å²) >= 11 is 0. The summed E-state index contributed by atoms with van der Waals surface area (Å²) in [6.45, 7) is 3.81. The number of halogens is 2. The van der Waals surface area contributed by atoms with Crippen molar-refractivity contribution < 1.29 is 13.6 Å². The summed E-state index contributed by atoms with van der Waals surface area (Å²) in [6.07, 6.45) is 5.44. The molecule has 3 rings (SSSR count). The van der Waals surface area contributed by atoms with Crippen molar-refractivity contribution in [3.63, 3.8) is 0 Å². The maximum absolute atomic E-state index is 13.6. The fourth-order valence-electron chi connectivity index (χ4n) is 3.80. The summed E-state index contributed by atoms with van der Waals surface area (Å²) in [5.41, 5.74) is 1.16. The van der Waals surface area contributed by atoms with E-state index in [-0.39, 0.29) is 18.7 Å². The molecule has 0 radical (unpaired) electrons. The van der Waals surface area contributed by atoms with Gasteiger partial charge in [0.2, 0.25) is 11.8 Å². The predicted molar refractivity (Wildman–Crippen MR) is 86.6 cm³/mol. The minimum absolute atomic E-state index is 0.0717. The third-order valence-electron chi connectivity index (χ3n) is 5.05. The SMILES string of the molecule is Cn1cc(CN2CCCN(C(=O)[C@@H]3CCCC(F)(F)C3)CC2)cn1. The number of carbonyl (C=O) groups excluding carboxylic acids is 1. The molecule has 0 unspecified atom stereocenters. The Bertz CT molecular complexity index is 575. The Labute approximate surface area is 141 Å². The topological polar surface area (TPSA) is 41.4 Å². The molecule has 0 N–H and O–H groups in total. The van der Waals surface area contributed by atoms with E-state index in [0.717, 1.165) is 31.6 Å². The summed E-state index contributed by atoms with van der Waals surface area (Å²) in [7, 11) is 1.90. The first kappa shape index (κ1) is 17.3. The molecule has 1 atom stereocenters. The van der Waals surface area contributed by atoms with Crippen LogP contribution in [0.4, 0.5) is 8.78 Å². The molecule has 2 fully saturated rings. The standard InChI is InChI=1S/C17H26F2N4O/c1-21-12-14(11-20-21)13-22-6-3-7-23(9-8-22)16(24)15-4-2-5-17(18,19)10-15/h11-12,15H,2-10,13H2,1H3/t15-/m1/s1. The molecule has 1 saturated heterocycles. The van der Waals surface area contributed by atoms with Gasteiger partial charge in [0.1, 0.15) is 0 Å². The van der Waals surface area contributed by atoms with E-state index >= 15 is 0 Å². The number of amides is 1. The quantitative estimate of drug-likeness (QED) is 0.848. The van der Waals surface area contributed by atoms with E-state index in [1.165, 1.54) is 0 Å². The molecule has 2 heterocycles. The minimum atomic E-state index is -2.67. The van der Waals surface area contributed by atoms with Gasteiger partial charge in [-0.15, -0.1) is 0 Å². The lowest BCUT2D eigenvalue weighted by atomic mass is 9.85.